The zero-order valence-electron chi connectivity index (χ0n) is 8.28. The van der Waals surface area contributed by atoms with Crippen LogP contribution in [0.2, 0.25) is 0 Å². The minimum absolute atomic E-state index is 0.458. The molecule has 3 heteroatoms. The Bertz CT molecular complexity index is 193. The van der Waals surface area contributed by atoms with Gasteiger partial charge in [0.15, 0.2) is 0 Å². The first kappa shape index (κ1) is 8.97. The van der Waals surface area contributed by atoms with Crippen LogP contribution in [0, 0.1) is 16.7 Å². The molecule has 1 saturated heterocycles. The van der Waals surface area contributed by atoms with Crippen molar-refractivity contribution in [2.24, 2.45) is 17.1 Å². The van der Waals surface area contributed by atoms with Crippen molar-refractivity contribution in [2.75, 3.05) is 6.54 Å². The number of hydrogen-bond donors (Lipinski definition) is 0. The summed E-state index contributed by atoms with van der Waals surface area (Å²) in [4.78, 5) is 10.6. The Morgan fingerprint density at radius 1 is 1.23 bits per heavy atom. The summed E-state index contributed by atoms with van der Waals surface area (Å²) in [5.41, 5.74) is 0. The molecule has 2 aliphatic rings. The van der Waals surface area contributed by atoms with Gasteiger partial charge in [-0.3, -0.25) is 5.01 Å². The van der Waals surface area contributed by atoms with Crippen LogP contribution in [0.4, 0.5) is 0 Å². The maximum Gasteiger partial charge on any atom is 0.0556 e. The van der Waals surface area contributed by atoms with Crippen molar-refractivity contribution in [3.63, 3.8) is 0 Å². The number of rotatable bonds is 1. The highest BCUT2D eigenvalue weighted by Gasteiger charge is 2.37. The Kier molecular flexibility index (Phi) is 2.51. The minimum Gasteiger partial charge on any atom is -0.257 e. The fraction of sp³-hybridized carbons (Fsp3) is 1.00. The summed E-state index contributed by atoms with van der Waals surface area (Å²) in [6.07, 6.45) is 6.38. The lowest BCUT2D eigenvalue weighted by Crippen LogP contribution is -2.47. The molecule has 13 heavy (non-hydrogen) atoms. The average Bonchev–Trinajstić information content (AvgIpc) is 2.17. The SMILES string of the molecule is C[C@H]1CCC[C@@H]2CCCN(N=O)[C@H]21. The predicted octanol–water partition coefficient (Wildman–Crippen LogP) is 2.57. The van der Waals surface area contributed by atoms with Crippen molar-refractivity contribution >= 4 is 0 Å². The van der Waals surface area contributed by atoms with Crippen LogP contribution >= 0.6 is 0 Å². The predicted molar refractivity (Wildman–Crippen MR) is 52.0 cm³/mol. The summed E-state index contributed by atoms with van der Waals surface area (Å²) in [5.74, 6) is 1.41. The zero-order valence-corrected chi connectivity index (χ0v) is 8.28. The second kappa shape index (κ2) is 3.64. The highest BCUT2D eigenvalue weighted by atomic mass is 16.3. The van der Waals surface area contributed by atoms with Gasteiger partial charge in [0.25, 0.3) is 0 Å². The van der Waals surface area contributed by atoms with E-state index in [1.165, 1.54) is 25.7 Å². The normalized spacial score (nSPS) is 39.8. The summed E-state index contributed by atoms with van der Waals surface area (Å²) < 4.78 is 0. The van der Waals surface area contributed by atoms with Crippen LogP contribution in [0.3, 0.4) is 0 Å². The largest absolute Gasteiger partial charge is 0.257 e. The summed E-state index contributed by atoms with van der Waals surface area (Å²) in [6.45, 7) is 3.15. The van der Waals surface area contributed by atoms with E-state index in [0.717, 1.165) is 18.9 Å². The van der Waals surface area contributed by atoms with Gasteiger partial charge in [0.2, 0.25) is 0 Å². The monoisotopic (exact) mass is 182 g/mol. The van der Waals surface area contributed by atoms with Crippen LogP contribution in [0.15, 0.2) is 5.29 Å². The lowest BCUT2D eigenvalue weighted by molar-refractivity contribution is 0.0258. The van der Waals surface area contributed by atoms with Gasteiger partial charge < -0.3 is 0 Å². The highest BCUT2D eigenvalue weighted by molar-refractivity contribution is 4.89. The number of nitrogens with zero attached hydrogens (tertiary/aromatic N) is 2. The van der Waals surface area contributed by atoms with E-state index in [2.05, 4.69) is 12.2 Å². The quantitative estimate of drug-likeness (QED) is 0.584. The standard InChI is InChI=1S/C10H18N2O/c1-8-4-2-5-9-6-3-7-12(11-13)10(8)9/h8-10H,2-7H2,1H3/t8-,9+,10-/m0/s1. The maximum absolute atomic E-state index is 10.6. The number of hydrogen-bond acceptors (Lipinski definition) is 2. The van der Waals surface area contributed by atoms with Crippen LogP contribution in [-0.2, 0) is 0 Å². The molecule has 74 valence electrons. The Labute approximate surface area is 79.4 Å². The molecule has 0 aromatic carbocycles. The third kappa shape index (κ3) is 1.56. The smallest absolute Gasteiger partial charge is 0.0556 e. The molecule has 0 spiro atoms. The van der Waals surface area contributed by atoms with E-state index in [1.807, 2.05) is 0 Å². The third-order valence-corrected chi connectivity index (χ3v) is 3.71. The molecule has 0 amide bonds. The highest BCUT2D eigenvalue weighted by Crippen LogP contribution is 2.38. The van der Waals surface area contributed by atoms with Crippen molar-refractivity contribution in [1.29, 1.82) is 0 Å². The van der Waals surface area contributed by atoms with Crippen molar-refractivity contribution < 1.29 is 0 Å². The van der Waals surface area contributed by atoms with E-state index in [-0.39, 0.29) is 0 Å². The summed E-state index contributed by atoms with van der Waals surface area (Å²) in [5, 5.41) is 4.97. The molecule has 0 N–H and O–H groups in total. The van der Waals surface area contributed by atoms with Gasteiger partial charge in [-0.25, -0.2) is 0 Å². The van der Waals surface area contributed by atoms with Crippen molar-refractivity contribution in [3.8, 4) is 0 Å². The van der Waals surface area contributed by atoms with E-state index in [1.54, 1.807) is 5.01 Å². The third-order valence-electron chi connectivity index (χ3n) is 3.71. The fourth-order valence-corrected chi connectivity index (χ4v) is 3.12. The second-order valence-corrected chi connectivity index (χ2v) is 4.55. The first-order valence-corrected chi connectivity index (χ1v) is 5.43. The summed E-state index contributed by atoms with van der Waals surface area (Å²) >= 11 is 0. The van der Waals surface area contributed by atoms with Crippen molar-refractivity contribution in [3.05, 3.63) is 4.91 Å². The Morgan fingerprint density at radius 2 is 2.00 bits per heavy atom. The second-order valence-electron chi connectivity index (χ2n) is 4.55. The van der Waals surface area contributed by atoms with Gasteiger partial charge in [-0.15, -0.1) is 4.91 Å². The fourth-order valence-electron chi connectivity index (χ4n) is 3.12. The zero-order chi connectivity index (χ0) is 9.26. The van der Waals surface area contributed by atoms with Gasteiger partial charge in [0.1, 0.15) is 0 Å². The molecule has 1 saturated carbocycles. The van der Waals surface area contributed by atoms with E-state index in [0.29, 0.717) is 12.0 Å². The van der Waals surface area contributed by atoms with Gasteiger partial charge in [-0.05, 0) is 37.5 Å². The summed E-state index contributed by atoms with van der Waals surface area (Å²) in [6, 6.07) is 0.458. The van der Waals surface area contributed by atoms with Gasteiger partial charge in [-0.1, -0.05) is 13.3 Å². The van der Waals surface area contributed by atoms with Gasteiger partial charge >= 0.3 is 0 Å². The van der Waals surface area contributed by atoms with Gasteiger partial charge in [-0.2, -0.15) is 0 Å². The summed E-state index contributed by atoms with van der Waals surface area (Å²) in [7, 11) is 0. The maximum atomic E-state index is 10.6. The number of fused-ring (bicyclic) bond motifs is 1. The van der Waals surface area contributed by atoms with Crippen LogP contribution in [0.5, 0.6) is 0 Å². The van der Waals surface area contributed by atoms with E-state index >= 15 is 0 Å². The topological polar surface area (TPSA) is 32.7 Å². The Hall–Kier alpha value is -0.600. The van der Waals surface area contributed by atoms with Crippen LogP contribution in [-0.4, -0.2) is 17.6 Å². The molecule has 3 nitrogen and oxygen atoms in total. The molecule has 0 radical (unpaired) electrons. The number of piperidine rings is 1. The van der Waals surface area contributed by atoms with E-state index < -0.39 is 0 Å². The molecule has 0 aromatic heterocycles. The van der Waals surface area contributed by atoms with E-state index in [4.69, 9.17) is 0 Å². The first-order valence-electron chi connectivity index (χ1n) is 5.43. The molecule has 1 aliphatic carbocycles. The Balaban J connectivity index is 2.11. The first-order chi connectivity index (χ1) is 6.33. The molecule has 2 rings (SSSR count). The van der Waals surface area contributed by atoms with Gasteiger partial charge in [0.05, 0.1) is 11.3 Å². The van der Waals surface area contributed by atoms with E-state index in [9.17, 15) is 4.91 Å². The molecule has 0 unspecified atom stereocenters. The molecule has 3 atom stereocenters. The minimum atomic E-state index is 0.458. The lowest BCUT2D eigenvalue weighted by Gasteiger charge is -2.44. The molecule has 0 bridgehead atoms. The van der Waals surface area contributed by atoms with Crippen LogP contribution in [0.25, 0.3) is 0 Å². The lowest BCUT2D eigenvalue weighted by atomic mass is 9.73. The number of nitroso groups, excluding NO2 is 1. The molecule has 1 heterocycles. The Morgan fingerprint density at radius 3 is 2.77 bits per heavy atom. The van der Waals surface area contributed by atoms with Crippen LogP contribution < -0.4 is 0 Å². The molecule has 1 aliphatic heterocycles. The van der Waals surface area contributed by atoms with Crippen LogP contribution in [0.1, 0.15) is 39.0 Å². The average molecular weight is 182 g/mol. The van der Waals surface area contributed by atoms with Gasteiger partial charge in [0, 0.05) is 6.54 Å². The molecular weight excluding hydrogens is 164 g/mol. The van der Waals surface area contributed by atoms with Crippen molar-refractivity contribution in [2.45, 2.75) is 45.1 Å². The molecule has 0 aromatic rings. The van der Waals surface area contributed by atoms with Crippen molar-refractivity contribution in [1.82, 2.24) is 5.01 Å². The molecular formula is C10H18N2O. The molecule has 2 fully saturated rings.